The van der Waals surface area contributed by atoms with Crippen molar-refractivity contribution in [2.75, 3.05) is 32.2 Å². The van der Waals surface area contributed by atoms with Gasteiger partial charge in [0, 0.05) is 11.9 Å². The predicted octanol–water partition coefficient (Wildman–Crippen LogP) is 4.03. The van der Waals surface area contributed by atoms with Gasteiger partial charge in [0.2, 0.25) is 0 Å². The van der Waals surface area contributed by atoms with Gasteiger partial charge in [0.15, 0.2) is 0 Å². The monoisotopic (exact) mass is 290 g/mol. The SMILES string of the molecule is CN(C)CCCN1N=Nc2cccc3cccc1c23.Cl. The molecule has 0 spiro atoms. The third kappa shape index (κ3) is 2.76. The highest BCUT2D eigenvalue weighted by Gasteiger charge is 2.16. The number of halogens is 1. The summed E-state index contributed by atoms with van der Waals surface area (Å²) >= 11 is 0. The van der Waals surface area contributed by atoms with E-state index in [4.69, 9.17) is 0 Å². The maximum absolute atomic E-state index is 4.33. The molecule has 0 bridgehead atoms. The van der Waals surface area contributed by atoms with E-state index in [1.165, 1.54) is 16.5 Å². The summed E-state index contributed by atoms with van der Waals surface area (Å²) in [7, 11) is 4.18. The van der Waals surface area contributed by atoms with Gasteiger partial charge in [-0.05, 0) is 44.6 Å². The Bertz CT molecular complexity index is 619. The maximum atomic E-state index is 4.33. The number of hydrogen-bond acceptors (Lipinski definition) is 4. The molecule has 5 heteroatoms. The van der Waals surface area contributed by atoms with Crippen molar-refractivity contribution in [1.82, 2.24) is 4.90 Å². The largest absolute Gasteiger partial charge is 0.309 e. The Kier molecular flexibility index (Phi) is 4.57. The van der Waals surface area contributed by atoms with Gasteiger partial charge in [-0.15, -0.1) is 17.5 Å². The third-order valence-electron chi connectivity index (χ3n) is 3.37. The maximum Gasteiger partial charge on any atom is 0.0974 e. The van der Waals surface area contributed by atoms with Crippen LogP contribution >= 0.6 is 12.4 Å². The van der Waals surface area contributed by atoms with Crippen molar-refractivity contribution in [3.05, 3.63) is 36.4 Å². The second kappa shape index (κ2) is 6.20. The third-order valence-corrected chi connectivity index (χ3v) is 3.37. The van der Waals surface area contributed by atoms with E-state index >= 15 is 0 Å². The first-order valence-electron chi connectivity index (χ1n) is 6.61. The fraction of sp³-hybridized carbons (Fsp3) is 0.333. The van der Waals surface area contributed by atoms with Crippen LogP contribution < -0.4 is 5.01 Å². The van der Waals surface area contributed by atoms with Gasteiger partial charge in [-0.1, -0.05) is 29.5 Å². The van der Waals surface area contributed by atoms with Crippen molar-refractivity contribution in [1.29, 1.82) is 0 Å². The van der Waals surface area contributed by atoms with E-state index in [1.54, 1.807) is 0 Å². The Morgan fingerprint density at radius 3 is 2.60 bits per heavy atom. The summed E-state index contributed by atoms with van der Waals surface area (Å²) in [5.41, 5.74) is 2.14. The molecule has 0 unspecified atom stereocenters. The Hall–Kier alpha value is -1.65. The minimum Gasteiger partial charge on any atom is -0.309 e. The summed E-state index contributed by atoms with van der Waals surface area (Å²) in [6.07, 6.45) is 1.07. The van der Waals surface area contributed by atoms with Gasteiger partial charge in [0.05, 0.1) is 11.4 Å². The molecule has 1 heterocycles. The molecule has 1 aliphatic heterocycles. The average molecular weight is 291 g/mol. The molecular weight excluding hydrogens is 272 g/mol. The number of hydrogen-bond donors (Lipinski definition) is 0. The number of rotatable bonds is 4. The van der Waals surface area contributed by atoms with Crippen molar-refractivity contribution in [3.63, 3.8) is 0 Å². The Balaban J connectivity index is 0.00000147. The fourth-order valence-electron chi connectivity index (χ4n) is 2.45. The van der Waals surface area contributed by atoms with Gasteiger partial charge in [-0.3, -0.25) is 0 Å². The minimum atomic E-state index is 0. The van der Waals surface area contributed by atoms with E-state index in [2.05, 4.69) is 53.6 Å². The molecule has 106 valence electrons. The van der Waals surface area contributed by atoms with E-state index in [9.17, 15) is 0 Å². The van der Waals surface area contributed by atoms with E-state index in [0.29, 0.717) is 0 Å². The molecule has 0 saturated heterocycles. The van der Waals surface area contributed by atoms with Crippen LogP contribution in [0.2, 0.25) is 0 Å². The van der Waals surface area contributed by atoms with Gasteiger partial charge in [-0.25, -0.2) is 5.01 Å². The highest BCUT2D eigenvalue weighted by molar-refractivity contribution is 6.02. The molecule has 0 N–H and O–H groups in total. The standard InChI is InChI=1S/C15H18N4.ClH/c1-18(2)10-5-11-19-14-9-4-7-12-6-3-8-13(15(12)14)16-17-19;/h3-4,6-9H,5,10-11H2,1-2H3;1H. The van der Waals surface area contributed by atoms with Gasteiger partial charge in [0.1, 0.15) is 0 Å². The first kappa shape index (κ1) is 14.8. The molecular formula is C15H19ClN4. The molecule has 0 aromatic heterocycles. The average Bonchev–Trinajstić information content (AvgIpc) is 2.41. The van der Waals surface area contributed by atoms with E-state index < -0.39 is 0 Å². The number of anilines is 1. The lowest BCUT2D eigenvalue weighted by Crippen LogP contribution is -2.23. The molecule has 0 aliphatic carbocycles. The van der Waals surface area contributed by atoms with Crippen LogP contribution in [0.3, 0.4) is 0 Å². The van der Waals surface area contributed by atoms with Crippen LogP contribution in [0.4, 0.5) is 11.4 Å². The second-order valence-electron chi connectivity index (χ2n) is 5.12. The molecule has 0 fully saturated rings. The lowest BCUT2D eigenvalue weighted by atomic mass is 10.1. The van der Waals surface area contributed by atoms with Crippen molar-refractivity contribution >= 4 is 34.6 Å². The summed E-state index contributed by atoms with van der Waals surface area (Å²) in [4.78, 5) is 2.19. The van der Waals surface area contributed by atoms with Crippen molar-refractivity contribution < 1.29 is 0 Å². The van der Waals surface area contributed by atoms with Crippen molar-refractivity contribution in [2.24, 2.45) is 10.3 Å². The summed E-state index contributed by atoms with van der Waals surface area (Å²) < 4.78 is 0. The molecule has 20 heavy (non-hydrogen) atoms. The molecule has 0 atom stereocenters. The summed E-state index contributed by atoms with van der Waals surface area (Å²) in [5, 5.41) is 13.1. The van der Waals surface area contributed by atoms with Crippen LogP contribution in [0.25, 0.3) is 10.8 Å². The molecule has 0 radical (unpaired) electrons. The van der Waals surface area contributed by atoms with Crippen LogP contribution in [0.15, 0.2) is 46.7 Å². The first-order valence-corrected chi connectivity index (χ1v) is 6.61. The Morgan fingerprint density at radius 1 is 1.10 bits per heavy atom. The smallest absolute Gasteiger partial charge is 0.0974 e. The van der Waals surface area contributed by atoms with Gasteiger partial charge >= 0.3 is 0 Å². The Labute approximate surface area is 125 Å². The zero-order valence-corrected chi connectivity index (χ0v) is 12.6. The molecule has 3 rings (SSSR count). The normalized spacial score (nSPS) is 12.8. The molecule has 2 aromatic rings. The van der Waals surface area contributed by atoms with E-state index in [0.717, 1.165) is 25.2 Å². The van der Waals surface area contributed by atoms with Gasteiger partial charge in [-0.2, -0.15) is 0 Å². The van der Waals surface area contributed by atoms with Crippen LogP contribution in [0.1, 0.15) is 6.42 Å². The number of benzene rings is 2. The summed E-state index contributed by atoms with van der Waals surface area (Å²) in [5.74, 6) is 0. The van der Waals surface area contributed by atoms with E-state index in [-0.39, 0.29) is 12.4 Å². The lowest BCUT2D eigenvalue weighted by molar-refractivity contribution is 0.400. The first-order chi connectivity index (χ1) is 9.25. The van der Waals surface area contributed by atoms with Gasteiger partial charge < -0.3 is 4.90 Å². The number of nitrogens with zero attached hydrogens (tertiary/aromatic N) is 4. The summed E-state index contributed by atoms with van der Waals surface area (Å²) in [6.45, 7) is 1.96. The highest BCUT2D eigenvalue weighted by Crippen LogP contribution is 2.38. The van der Waals surface area contributed by atoms with E-state index in [1.807, 2.05) is 17.1 Å². The molecule has 4 nitrogen and oxygen atoms in total. The van der Waals surface area contributed by atoms with Crippen LogP contribution in [-0.2, 0) is 0 Å². The van der Waals surface area contributed by atoms with Crippen LogP contribution in [0.5, 0.6) is 0 Å². The zero-order chi connectivity index (χ0) is 13.2. The Morgan fingerprint density at radius 2 is 1.85 bits per heavy atom. The van der Waals surface area contributed by atoms with Gasteiger partial charge in [0.25, 0.3) is 0 Å². The molecule has 0 amide bonds. The highest BCUT2D eigenvalue weighted by atomic mass is 35.5. The predicted molar refractivity (Wildman–Crippen MR) is 86.2 cm³/mol. The van der Waals surface area contributed by atoms with Crippen LogP contribution in [0, 0.1) is 0 Å². The lowest BCUT2D eigenvalue weighted by Gasteiger charge is -2.24. The zero-order valence-electron chi connectivity index (χ0n) is 11.8. The topological polar surface area (TPSA) is 31.2 Å². The minimum absolute atomic E-state index is 0. The molecule has 2 aromatic carbocycles. The fourth-order valence-corrected chi connectivity index (χ4v) is 2.45. The van der Waals surface area contributed by atoms with Crippen molar-refractivity contribution in [2.45, 2.75) is 6.42 Å². The summed E-state index contributed by atoms with van der Waals surface area (Å²) in [6, 6.07) is 12.5. The molecule has 0 saturated carbocycles. The quantitative estimate of drug-likeness (QED) is 0.851. The van der Waals surface area contributed by atoms with Crippen molar-refractivity contribution in [3.8, 4) is 0 Å². The second-order valence-corrected chi connectivity index (χ2v) is 5.12. The molecule has 1 aliphatic rings. The van der Waals surface area contributed by atoms with Crippen LogP contribution in [-0.4, -0.2) is 32.1 Å².